The molecule has 0 aliphatic carbocycles. The number of hydrogen-bond acceptors (Lipinski definition) is 4. The topological polar surface area (TPSA) is 76.4 Å². The van der Waals surface area contributed by atoms with E-state index in [0.29, 0.717) is 4.88 Å². The number of rotatable bonds is 6. The third-order valence-corrected chi connectivity index (χ3v) is 9.13. The minimum absolute atomic E-state index is 0.140. The normalized spacial score (nSPS) is 12.3. The highest BCUT2D eigenvalue weighted by atomic mass is 32.2. The van der Waals surface area contributed by atoms with Crippen LogP contribution in [-0.2, 0) is 28.1 Å². The average Bonchev–Trinajstić information content (AvgIpc) is 3.38. The van der Waals surface area contributed by atoms with Crippen LogP contribution in [0.4, 0.5) is 0 Å². The Morgan fingerprint density at radius 1 is 1.03 bits per heavy atom. The lowest BCUT2D eigenvalue weighted by Gasteiger charge is -2.12. The minimum atomic E-state index is -3.78. The first-order chi connectivity index (χ1) is 16.1. The number of carboxylic acids is 1. The van der Waals surface area contributed by atoms with Crippen LogP contribution >= 0.6 is 11.3 Å². The van der Waals surface area contributed by atoms with Crippen LogP contribution in [0.15, 0.2) is 65.0 Å². The summed E-state index contributed by atoms with van der Waals surface area (Å²) in [5, 5.41) is 10.8. The number of sulfone groups is 1. The molecule has 4 aromatic rings. The molecule has 0 radical (unpaired) electrons. The van der Waals surface area contributed by atoms with Crippen LogP contribution in [0.5, 0.6) is 0 Å². The molecule has 0 saturated carbocycles. The van der Waals surface area contributed by atoms with Crippen LogP contribution in [-0.4, -0.2) is 29.8 Å². The molecule has 0 unspecified atom stereocenters. The highest BCUT2D eigenvalue weighted by molar-refractivity contribution is 7.93. The molecular formula is C27H25NO4S2. The molecule has 4 rings (SSSR count). The second kappa shape index (κ2) is 9.49. The summed E-state index contributed by atoms with van der Waals surface area (Å²) in [6.45, 7) is 3.98. The lowest BCUT2D eigenvalue weighted by molar-refractivity contribution is -0.140. The van der Waals surface area contributed by atoms with Crippen molar-refractivity contribution in [3.8, 4) is 11.8 Å². The van der Waals surface area contributed by atoms with Gasteiger partial charge in [-0.25, -0.2) is 8.42 Å². The van der Waals surface area contributed by atoms with Crippen LogP contribution in [0.3, 0.4) is 0 Å². The van der Waals surface area contributed by atoms with Gasteiger partial charge in [0.1, 0.15) is 4.21 Å². The number of hydrogen-bond donors (Lipinski definition) is 1. The van der Waals surface area contributed by atoms with Crippen molar-refractivity contribution in [2.24, 2.45) is 13.0 Å². The van der Waals surface area contributed by atoms with Crippen molar-refractivity contribution in [2.45, 2.75) is 24.5 Å². The summed E-state index contributed by atoms with van der Waals surface area (Å²) in [5.74, 6) is 3.40. The van der Waals surface area contributed by atoms with E-state index in [1.807, 2.05) is 74.1 Å². The molecule has 0 aliphatic rings. The van der Waals surface area contributed by atoms with Crippen LogP contribution in [0.2, 0.25) is 0 Å². The first kappa shape index (κ1) is 23.8. The summed E-state index contributed by atoms with van der Waals surface area (Å²) < 4.78 is 28.2. The van der Waals surface area contributed by atoms with Gasteiger partial charge in [-0.15, -0.1) is 11.3 Å². The second-order valence-electron chi connectivity index (χ2n) is 8.54. The van der Waals surface area contributed by atoms with Gasteiger partial charge in [0.25, 0.3) is 0 Å². The van der Waals surface area contributed by atoms with E-state index in [2.05, 4.69) is 11.8 Å². The van der Waals surface area contributed by atoms with Gasteiger partial charge in [-0.05, 0) is 62.2 Å². The van der Waals surface area contributed by atoms with Crippen molar-refractivity contribution < 1.29 is 18.3 Å². The number of nitrogens with zero attached hydrogens (tertiary/aromatic N) is 1. The molecule has 2 aromatic heterocycles. The predicted octanol–water partition coefficient (Wildman–Crippen LogP) is 4.97. The summed E-state index contributed by atoms with van der Waals surface area (Å²) in [6.07, 6.45) is 2.03. The van der Waals surface area contributed by atoms with Crippen molar-refractivity contribution in [3.63, 3.8) is 0 Å². The SMILES string of the molecule is Cc1ccc(C#Cc2ccc(S(=O)(=O)C[C@@H](Cc3cn(C)c4ccc(C)cc34)C(=O)O)s2)cc1. The Morgan fingerprint density at radius 2 is 1.74 bits per heavy atom. The summed E-state index contributed by atoms with van der Waals surface area (Å²) in [7, 11) is -1.88. The predicted molar refractivity (Wildman–Crippen MR) is 136 cm³/mol. The van der Waals surface area contributed by atoms with E-state index in [-0.39, 0.29) is 10.6 Å². The minimum Gasteiger partial charge on any atom is -0.481 e. The number of carboxylic acid groups (broad SMARTS) is 1. The van der Waals surface area contributed by atoms with Crippen molar-refractivity contribution in [3.05, 3.63) is 87.9 Å². The Hall–Kier alpha value is -3.34. The van der Waals surface area contributed by atoms with E-state index < -0.39 is 27.5 Å². The summed E-state index contributed by atoms with van der Waals surface area (Å²) in [6, 6.07) is 17.0. The fraction of sp³-hybridized carbons (Fsp3) is 0.222. The number of thiophene rings is 1. The van der Waals surface area contributed by atoms with E-state index in [1.165, 1.54) is 6.07 Å². The number of carbonyl (C=O) groups is 1. The Bertz CT molecular complexity index is 1530. The zero-order valence-electron chi connectivity index (χ0n) is 19.2. The number of benzene rings is 2. The van der Waals surface area contributed by atoms with Crippen LogP contribution in [0.1, 0.15) is 27.1 Å². The smallest absolute Gasteiger partial charge is 0.307 e. The number of aliphatic carboxylic acids is 1. The average molecular weight is 492 g/mol. The number of aromatic nitrogens is 1. The quantitative estimate of drug-likeness (QED) is 0.386. The lowest BCUT2D eigenvalue weighted by Crippen LogP contribution is -2.25. The van der Waals surface area contributed by atoms with Crippen molar-refractivity contribution in [1.82, 2.24) is 4.57 Å². The first-order valence-electron chi connectivity index (χ1n) is 10.8. The van der Waals surface area contributed by atoms with E-state index >= 15 is 0 Å². The Kier molecular flexibility index (Phi) is 6.65. The molecule has 0 amide bonds. The molecule has 2 aromatic carbocycles. The van der Waals surface area contributed by atoms with Gasteiger partial charge >= 0.3 is 5.97 Å². The molecule has 0 saturated heterocycles. The highest BCUT2D eigenvalue weighted by Crippen LogP contribution is 2.28. The molecule has 0 aliphatic heterocycles. The molecule has 1 N–H and O–H groups in total. The molecule has 5 nitrogen and oxygen atoms in total. The van der Waals surface area contributed by atoms with Gasteiger partial charge in [0.2, 0.25) is 0 Å². The summed E-state index contributed by atoms with van der Waals surface area (Å²) in [4.78, 5) is 12.6. The van der Waals surface area contributed by atoms with E-state index in [0.717, 1.165) is 44.5 Å². The van der Waals surface area contributed by atoms with Gasteiger partial charge in [-0.3, -0.25) is 4.79 Å². The molecule has 1 atom stereocenters. The van der Waals surface area contributed by atoms with E-state index in [9.17, 15) is 18.3 Å². The standard InChI is InChI=1S/C27H25NO4S2/c1-18-4-7-20(8-5-18)9-10-23-11-13-26(33-23)34(31,32)17-22(27(29)30)15-21-16-28(3)25-12-6-19(2)14-24(21)25/h4-8,11-14,16,22H,15,17H2,1-3H3,(H,29,30)/t22-/m1/s1. The largest absolute Gasteiger partial charge is 0.481 e. The van der Waals surface area contributed by atoms with Gasteiger partial charge in [-0.2, -0.15) is 0 Å². The molecule has 0 fully saturated rings. The summed E-state index contributed by atoms with van der Waals surface area (Å²) >= 11 is 1.07. The summed E-state index contributed by atoms with van der Waals surface area (Å²) in [5.41, 5.74) is 4.88. The van der Waals surface area contributed by atoms with Crippen molar-refractivity contribution in [2.75, 3.05) is 5.75 Å². The molecule has 0 bridgehead atoms. The fourth-order valence-electron chi connectivity index (χ4n) is 3.91. The Labute approximate surface area is 203 Å². The molecule has 34 heavy (non-hydrogen) atoms. The lowest BCUT2D eigenvalue weighted by atomic mass is 10.00. The van der Waals surface area contributed by atoms with Crippen LogP contribution in [0.25, 0.3) is 10.9 Å². The maximum Gasteiger partial charge on any atom is 0.307 e. The van der Waals surface area contributed by atoms with Crippen LogP contribution < -0.4 is 0 Å². The van der Waals surface area contributed by atoms with Gasteiger partial charge in [0.05, 0.1) is 16.5 Å². The fourth-order valence-corrected chi connectivity index (χ4v) is 6.71. The molecule has 7 heteroatoms. The second-order valence-corrected chi connectivity index (χ2v) is 11.9. The Morgan fingerprint density at radius 3 is 2.44 bits per heavy atom. The molecule has 0 spiro atoms. The van der Waals surface area contributed by atoms with Crippen molar-refractivity contribution in [1.29, 1.82) is 0 Å². The Balaban J connectivity index is 1.55. The van der Waals surface area contributed by atoms with Crippen LogP contribution in [0, 0.1) is 31.6 Å². The first-order valence-corrected chi connectivity index (χ1v) is 13.3. The van der Waals surface area contributed by atoms with Gasteiger partial charge in [0, 0.05) is 29.7 Å². The number of aryl methyl sites for hydroxylation is 3. The molecule has 174 valence electrons. The van der Waals surface area contributed by atoms with Gasteiger partial charge < -0.3 is 9.67 Å². The monoisotopic (exact) mass is 491 g/mol. The maximum absolute atomic E-state index is 13.1. The number of fused-ring (bicyclic) bond motifs is 1. The van der Waals surface area contributed by atoms with Gasteiger partial charge in [-0.1, -0.05) is 41.2 Å². The third-order valence-electron chi connectivity index (χ3n) is 5.73. The molecular weight excluding hydrogens is 466 g/mol. The third kappa shape index (κ3) is 5.24. The van der Waals surface area contributed by atoms with E-state index in [4.69, 9.17) is 0 Å². The molecule has 2 heterocycles. The maximum atomic E-state index is 13.1. The van der Waals surface area contributed by atoms with E-state index in [1.54, 1.807) is 6.07 Å². The highest BCUT2D eigenvalue weighted by Gasteiger charge is 2.29. The zero-order valence-corrected chi connectivity index (χ0v) is 20.8. The van der Waals surface area contributed by atoms with Crippen molar-refractivity contribution >= 4 is 38.0 Å². The van der Waals surface area contributed by atoms with Gasteiger partial charge in [0.15, 0.2) is 9.84 Å². The zero-order chi connectivity index (χ0) is 24.5.